The van der Waals surface area contributed by atoms with E-state index in [-0.39, 0.29) is 5.41 Å². The fraction of sp³-hybridized carbons (Fsp3) is 0.423. The molecule has 1 aliphatic heterocycles. The van der Waals surface area contributed by atoms with Crippen LogP contribution in [0.25, 0.3) is 10.9 Å². The number of carbonyl (C=O) groups is 1. The maximum absolute atomic E-state index is 10.6. The van der Waals surface area contributed by atoms with Crippen molar-refractivity contribution in [3.8, 4) is 5.75 Å². The van der Waals surface area contributed by atoms with Crippen LogP contribution in [0.15, 0.2) is 54.7 Å². The largest absolute Gasteiger partial charge is 0.508 e. The number of benzene rings is 2. The Hall–Kier alpha value is -2.83. The van der Waals surface area contributed by atoms with Gasteiger partial charge in [0.05, 0.1) is 0 Å². The third kappa shape index (κ3) is 5.69. The Bertz CT molecular complexity index is 1030. The van der Waals surface area contributed by atoms with Gasteiger partial charge < -0.3 is 25.8 Å². The van der Waals surface area contributed by atoms with Crippen LogP contribution in [0, 0.1) is 0 Å². The molecule has 0 aliphatic carbocycles. The molecule has 5 N–H and O–H groups in total. The molecule has 2 aromatic carbocycles. The van der Waals surface area contributed by atoms with Crippen molar-refractivity contribution in [1.82, 2.24) is 9.88 Å². The molecule has 2 unspecified atom stereocenters. The number of H-pyrrole nitrogens is 1. The smallest absolute Gasteiger partial charge is 0.320 e. The summed E-state index contributed by atoms with van der Waals surface area (Å²) in [5, 5.41) is 19.4. The number of nitrogens with zero attached hydrogens (tertiary/aromatic N) is 1. The number of carboxylic acids is 1. The summed E-state index contributed by atoms with van der Waals surface area (Å²) in [5.41, 5.74) is 8.96. The predicted octanol–water partition coefficient (Wildman–Crippen LogP) is 4.28. The lowest BCUT2D eigenvalue weighted by molar-refractivity contribution is -0.138. The van der Waals surface area contributed by atoms with Gasteiger partial charge in [-0.1, -0.05) is 43.7 Å². The number of rotatable bonds is 5. The number of hydrogen-bond donors (Lipinski definition) is 4. The summed E-state index contributed by atoms with van der Waals surface area (Å²) in [7, 11) is 2.21. The molecule has 1 fully saturated rings. The lowest BCUT2D eigenvalue weighted by atomic mass is 9.74. The zero-order chi connectivity index (χ0) is 23.1. The number of likely N-dealkylation sites (N-methyl/N-ethyl adjacent to an activating group) is 1. The Morgan fingerprint density at radius 3 is 2.72 bits per heavy atom. The molecule has 172 valence electrons. The molecule has 1 aliphatic rings. The highest BCUT2D eigenvalue weighted by Crippen LogP contribution is 2.37. The van der Waals surface area contributed by atoms with Crippen LogP contribution in [0.5, 0.6) is 5.75 Å². The molecule has 0 radical (unpaired) electrons. The highest BCUT2D eigenvalue weighted by Gasteiger charge is 2.33. The van der Waals surface area contributed by atoms with Crippen LogP contribution in [0.2, 0.25) is 0 Å². The highest BCUT2D eigenvalue weighted by atomic mass is 16.4. The lowest BCUT2D eigenvalue weighted by Gasteiger charge is -2.35. The maximum atomic E-state index is 10.6. The monoisotopic (exact) mass is 437 g/mol. The Kier molecular flexibility index (Phi) is 7.94. The molecule has 2 heterocycles. The molecule has 0 amide bonds. The van der Waals surface area contributed by atoms with Crippen molar-refractivity contribution in [2.75, 3.05) is 20.1 Å². The number of aromatic nitrogens is 1. The molecule has 0 saturated carbocycles. The van der Waals surface area contributed by atoms with E-state index in [0.29, 0.717) is 12.2 Å². The molecule has 3 aromatic rings. The summed E-state index contributed by atoms with van der Waals surface area (Å²) in [6, 6.07) is 14.8. The zero-order valence-electron chi connectivity index (χ0n) is 19.1. The number of phenolic OH excluding ortho intramolecular Hbond substituents is 1. The molecule has 2 atom stereocenters. The first kappa shape index (κ1) is 23.8. The molecular weight excluding hydrogens is 402 g/mol. The van der Waals surface area contributed by atoms with Gasteiger partial charge in [-0.3, -0.25) is 4.79 Å². The van der Waals surface area contributed by atoms with Gasteiger partial charge in [0, 0.05) is 35.5 Å². The van der Waals surface area contributed by atoms with E-state index in [9.17, 15) is 9.90 Å². The fourth-order valence-corrected chi connectivity index (χ4v) is 4.71. The average molecular weight is 438 g/mol. The minimum Gasteiger partial charge on any atom is -0.508 e. The van der Waals surface area contributed by atoms with Crippen molar-refractivity contribution in [2.24, 2.45) is 5.73 Å². The van der Waals surface area contributed by atoms with E-state index in [1.165, 1.54) is 31.4 Å². The summed E-state index contributed by atoms with van der Waals surface area (Å²) in [4.78, 5) is 16.1. The summed E-state index contributed by atoms with van der Waals surface area (Å²) < 4.78 is 0. The second-order valence-electron chi connectivity index (χ2n) is 8.89. The average Bonchev–Trinajstić information content (AvgIpc) is 3.08. The quantitative estimate of drug-likeness (QED) is 0.477. The predicted molar refractivity (Wildman–Crippen MR) is 129 cm³/mol. The number of aliphatic carboxylic acids is 1. The lowest BCUT2D eigenvalue weighted by Crippen LogP contribution is -2.37. The third-order valence-electron chi connectivity index (χ3n) is 6.58. The Balaban J connectivity index is 0.000000182. The van der Waals surface area contributed by atoms with Crippen LogP contribution in [0.1, 0.15) is 43.7 Å². The Morgan fingerprint density at radius 2 is 2.00 bits per heavy atom. The van der Waals surface area contributed by atoms with E-state index in [0.717, 1.165) is 29.4 Å². The van der Waals surface area contributed by atoms with Crippen molar-refractivity contribution < 1.29 is 15.0 Å². The van der Waals surface area contributed by atoms with Gasteiger partial charge in [-0.05, 0) is 62.2 Å². The molecule has 32 heavy (non-hydrogen) atoms. The topological polar surface area (TPSA) is 103 Å². The fourth-order valence-electron chi connectivity index (χ4n) is 4.71. The van der Waals surface area contributed by atoms with Gasteiger partial charge in [-0.2, -0.15) is 0 Å². The standard InChI is InChI=1S/C15H23NO.C11H12N2O2/c1-3-15(9-4-5-10-16(2)12-15)13-7-6-8-14(17)11-13;12-9(11(14)15)5-7-6-13-10-4-2-1-3-8(7)10/h6-8,11,17H,3-5,9-10,12H2,1-2H3;1-4,6,9,13H,5,12H2,(H,14,15). The molecule has 4 rings (SSSR count). The molecular formula is C26H35N3O3. The minimum atomic E-state index is -0.972. The van der Waals surface area contributed by atoms with Crippen molar-refractivity contribution in [1.29, 1.82) is 0 Å². The molecule has 6 heteroatoms. The number of aromatic amines is 1. The number of phenols is 1. The van der Waals surface area contributed by atoms with Crippen LogP contribution < -0.4 is 5.73 Å². The number of likely N-dealkylation sites (tertiary alicyclic amines) is 1. The van der Waals surface area contributed by atoms with Crippen LogP contribution in [0.4, 0.5) is 0 Å². The number of nitrogens with one attached hydrogen (secondary N) is 1. The Morgan fingerprint density at radius 1 is 1.22 bits per heavy atom. The summed E-state index contributed by atoms with van der Waals surface area (Å²) in [5.74, 6) is -0.581. The molecule has 6 nitrogen and oxygen atoms in total. The molecule has 0 bridgehead atoms. The molecule has 0 spiro atoms. The van der Waals surface area contributed by atoms with Crippen molar-refractivity contribution in [2.45, 2.75) is 50.5 Å². The number of hydrogen-bond acceptors (Lipinski definition) is 4. The van der Waals surface area contributed by atoms with E-state index in [2.05, 4.69) is 29.9 Å². The van der Waals surface area contributed by atoms with Crippen LogP contribution in [-0.2, 0) is 16.6 Å². The van der Waals surface area contributed by atoms with E-state index >= 15 is 0 Å². The van der Waals surface area contributed by atoms with Crippen molar-refractivity contribution in [3.05, 3.63) is 65.9 Å². The van der Waals surface area contributed by atoms with Gasteiger partial charge in [-0.25, -0.2) is 0 Å². The first-order valence-electron chi connectivity index (χ1n) is 11.4. The molecule has 1 saturated heterocycles. The first-order chi connectivity index (χ1) is 15.3. The normalized spacial score (nSPS) is 20.2. The van der Waals surface area contributed by atoms with Crippen LogP contribution in [-0.4, -0.2) is 52.2 Å². The Labute approximate surface area is 190 Å². The number of para-hydroxylation sites is 1. The van der Waals surface area contributed by atoms with Gasteiger partial charge in [0.15, 0.2) is 0 Å². The summed E-state index contributed by atoms with van der Waals surface area (Å²) >= 11 is 0. The summed E-state index contributed by atoms with van der Waals surface area (Å²) in [6.07, 6.45) is 7.11. The second kappa shape index (κ2) is 10.7. The van der Waals surface area contributed by atoms with Gasteiger partial charge in [0.25, 0.3) is 0 Å². The number of fused-ring (bicyclic) bond motifs is 1. The van der Waals surface area contributed by atoms with Crippen LogP contribution in [0.3, 0.4) is 0 Å². The first-order valence-corrected chi connectivity index (χ1v) is 11.4. The second-order valence-corrected chi connectivity index (χ2v) is 8.89. The molecule has 1 aromatic heterocycles. The van der Waals surface area contributed by atoms with Gasteiger partial charge >= 0.3 is 5.97 Å². The maximum Gasteiger partial charge on any atom is 0.320 e. The van der Waals surface area contributed by atoms with E-state index in [1.807, 2.05) is 42.6 Å². The van der Waals surface area contributed by atoms with Crippen LogP contribution >= 0.6 is 0 Å². The van der Waals surface area contributed by atoms with E-state index in [1.54, 1.807) is 6.07 Å². The SMILES string of the molecule is CCC1(c2cccc(O)c2)CCCCN(C)C1.NC(Cc1c[nH]c2ccccc12)C(=O)O. The number of carboxylic acid groups (broad SMARTS) is 1. The highest BCUT2D eigenvalue weighted by molar-refractivity contribution is 5.84. The van der Waals surface area contributed by atoms with E-state index in [4.69, 9.17) is 10.8 Å². The van der Waals surface area contributed by atoms with Crippen molar-refractivity contribution >= 4 is 16.9 Å². The number of aromatic hydroxyl groups is 1. The third-order valence-corrected chi connectivity index (χ3v) is 6.58. The van der Waals surface area contributed by atoms with Gasteiger partial charge in [0.2, 0.25) is 0 Å². The van der Waals surface area contributed by atoms with Gasteiger partial charge in [-0.15, -0.1) is 0 Å². The van der Waals surface area contributed by atoms with Crippen molar-refractivity contribution in [3.63, 3.8) is 0 Å². The van der Waals surface area contributed by atoms with E-state index < -0.39 is 12.0 Å². The zero-order valence-corrected chi connectivity index (χ0v) is 19.1. The van der Waals surface area contributed by atoms with Gasteiger partial charge in [0.1, 0.15) is 11.8 Å². The summed E-state index contributed by atoms with van der Waals surface area (Å²) in [6.45, 7) is 4.57. The minimum absolute atomic E-state index is 0.226. The number of nitrogens with two attached hydrogens (primary N) is 1.